The Labute approximate surface area is 133 Å². The summed E-state index contributed by atoms with van der Waals surface area (Å²) >= 11 is 0. The first-order valence-electron chi connectivity index (χ1n) is 6.54. The molecule has 0 bridgehead atoms. The molecule has 10 heteroatoms. The fourth-order valence-electron chi connectivity index (χ4n) is 1.78. The number of anilines is 2. The fraction of sp³-hybridized carbons (Fsp3) is 0.214. The fourth-order valence-corrected chi connectivity index (χ4v) is 1.78. The second-order valence-electron chi connectivity index (χ2n) is 4.71. The van der Waals surface area contributed by atoms with Crippen molar-refractivity contribution in [1.82, 2.24) is 5.16 Å². The molecule has 0 unspecified atom stereocenters. The number of alkyl halides is 3. The predicted octanol–water partition coefficient (Wildman–Crippen LogP) is 2.38. The lowest BCUT2D eigenvalue weighted by molar-refractivity contribution is -0.137. The van der Waals surface area contributed by atoms with E-state index in [-0.39, 0.29) is 22.8 Å². The Bertz CT molecular complexity index is 734. The van der Waals surface area contributed by atoms with E-state index in [1.165, 1.54) is 6.92 Å². The van der Waals surface area contributed by atoms with E-state index in [2.05, 4.69) is 15.0 Å². The van der Waals surface area contributed by atoms with E-state index in [9.17, 15) is 22.8 Å². The quantitative estimate of drug-likeness (QED) is 0.825. The van der Waals surface area contributed by atoms with Crippen LogP contribution in [0.1, 0.15) is 21.6 Å². The molecule has 2 rings (SSSR count). The van der Waals surface area contributed by atoms with Gasteiger partial charge < -0.3 is 20.3 Å². The van der Waals surface area contributed by atoms with Crippen molar-refractivity contribution < 1.29 is 32.0 Å². The van der Waals surface area contributed by atoms with Crippen LogP contribution in [0.4, 0.5) is 24.7 Å². The van der Waals surface area contributed by atoms with Crippen LogP contribution >= 0.6 is 0 Å². The number of hydrogen-bond acceptors (Lipinski definition) is 6. The van der Waals surface area contributed by atoms with Crippen LogP contribution in [0.2, 0.25) is 0 Å². The number of carbonyl (C=O) groups is 2. The van der Waals surface area contributed by atoms with Crippen molar-refractivity contribution in [2.45, 2.75) is 13.1 Å². The molecular formula is C14H12F3N3O4. The van der Waals surface area contributed by atoms with E-state index in [1.54, 1.807) is 0 Å². The van der Waals surface area contributed by atoms with E-state index in [0.29, 0.717) is 0 Å². The van der Waals surface area contributed by atoms with Crippen molar-refractivity contribution in [3.63, 3.8) is 0 Å². The topological polar surface area (TPSA) is 107 Å². The van der Waals surface area contributed by atoms with Gasteiger partial charge in [0.1, 0.15) is 5.56 Å². The lowest BCUT2D eigenvalue weighted by Gasteiger charge is -2.09. The highest BCUT2D eigenvalue weighted by Gasteiger charge is 2.30. The Kier molecular flexibility index (Phi) is 4.77. The number of nitrogens with zero attached hydrogens (tertiary/aromatic N) is 1. The van der Waals surface area contributed by atoms with Gasteiger partial charge in [-0.3, -0.25) is 4.79 Å². The summed E-state index contributed by atoms with van der Waals surface area (Å²) in [5.41, 5.74) is 4.81. The Balaban J connectivity index is 1.91. The minimum atomic E-state index is -4.46. The average molecular weight is 343 g/mol. The minimum absolute atomic E-state index is 0.0858. The average Bonchev–Trinajstić information content (AvgIpc) is 2.83. The molecule has 24 heavy (non-hydrogen) atoms. The van der Waals surface area contributed by atoms with Gasteiger partial charge in [-0.2, -0.15) is 13.2 Å². The van der Waals surface area contributed by atoms with E-state index in [1.807, 2.05) is 0 Å². The van der Waals surface area contributed by atoms with Crippen molar-refractivity contribution in [2.24, 2.45) is 0 Å². The first-order valence-corrected chi connectivity index (χ1v) is 6.54. The molecule has 128 valence electrons. The number of amides is 1. The molecule has 0 aliphatic heterocycles. The molecule has 7 nitrogen and oxygen atoms in total. The van der Waals surface area contributed by atoms with E-state index < -0.39 is 30.2 Å². The van der Waals surface area contributed by atoms with Gasteiger partial charge >= 0.3 is 12.1 Å². The van der Waals surface area contributed by atoms with Crippen LogP contribution in [0, 0.1) is 6.92 Å². The maximum absolute atomic E-state index is 12.4. The van der Waals surface area contributed by atoms with Gasteiger partial charge in [0.25, 0.3) is 5.91 Å². The number of carbonyl (C=O) groups excluding carboxylic acids is 2. The number of nitrogen functional groups attached to an aromatic ring is 1. The highest BCUT2D eigenvalue weighted by atomic mass is 19.4. The lowest BCUT2D eigenvalue weighted by atomic mass is 10.2. The number of aryl methyl sites for hydroxylation is 1. The van der Waals surface area contributed by atoms with Gasteiger partial charge in [-0.25, -0.2) is 4.79 Å². The molecule has 0 spiro atoms. The number of nitrogens with one attached hydrogen (secondary N) is 1. The minimum Gasteiger partial charge on any atom is -0.452 e. The summed E-state index contributed by atoms with van der Waals surface area (Å²) < 4.78 is 46.6. The van der Waals surface area contributed by atoms with Crippen molar-refractivity contribution in [1.29, 1.82) is 0 Å². The molecule has 0 aliphatic carbocycles. The van der Waals surface area contributed by atoms with Crippen molar-refractivity contribution in [3.05, 3.63) is 41.1 Å². The summed E-state index contributed by atoms with van der Waals surface area (Å²) in [6.07, 6.45) is -4.46. The van der Waals surface area contributed by atoms with Gasteiger partial charge in [0.05, 0.1) is 11.3 Å². The summed E-state index contributed by atoms with van der Waals surface area (Å²) in [6, 6.07) is 3.82. The third kappa shape index (κ3) is 4.03. The van der Waals surface area contributed by atoms with Gasteiger partial charge in [0.2, 0.25) is 5.88 Å². The van der Waals surface area contributed by atoms with E-state index in [0.717, 1.165) is 24.3 Å². The number of halogens is 3. The molecule has 0 atom stereocenters. The normalized spacial score (nSPS) is 11.2. The monoisotopic (exact) mass is 343 g/mol. The standard InChI is InChI=1S/C14H12F3N3O4/c1-7-11(12(18)24-20-7)13(22)23-6-10(21)19-9-4-2-8(3-5-9)14(15,16)17/h2-5H,6,18H2,1H3,(H,19,21). The van der Waals surface area contributed by atoms with Gasteiger partial charge in [-0.15, -0.1) is 0 Å². The smallest absolute Gasteiger partial charge is 0.416 e. The molecule has 1 amide bonds. The number of hydrogen-bond donors (Lipinski definition) is 2. The SMILES string of the molecule is Cc1noc(N)c1C(=O)OCC(=O)Nc1ccc(C(F)(F)F)cc1. The van der Waals surface area contributed by atoms with E-state index >= 15 is 0 Å². The van der Waals surface area contributed by atoms with E-state index in [4.69, 9.17) is 10.5 Å². The first kappa shape index (κ1) is 17.3. The molecule has 1 heterocycles. The zero-order valence-electron chi connectivity index (χ0n) is 12.3. The molecule has 1 aromatic carbocycles. The Morgan fingerprint density at radius 3 is 2.42 bits per heavy atom. The zero-order chi connectivity index (χ0) is 17.9. The van der Waals surface area contributed by atoms with Crippen molar-refractivity contribution >= 4 is 23.4 Å². The van der Waals surface area contributed by atoms with Crippen LogP contribution in [0.25, 0.3) is 0 Å². The van der Waals surface area contributed by atoms with Gasteiger partial charge in [-0.1, -0.05) is 5.16 Å². The summed E-state index contributed by atoms with van der Waals surface area (Å²) in [5, 5.41) is 5.76. The molecule has 0 radical (unpaired) electrons. The number of ether oxygens (including phenoxy) is 1. The third-order valence-corrected chi connectivity index (χ3v) is 2.92. The van der Waals surface area contributed by atoms with Crippen molar-refractivity contribution in [3.8, 4) is 0 Å². The highest BCUT2D eigenvalue weighted by molar-refractivity contribution is 5.98. The van der Waals surface area contributed by atoms with Gasteiger partial charge in [0.15, 0.2) is 6.61 Å². The number of aromatic nitrogens is 1. The summed E-state index contributed by atoms with van der Waals surface area (Å²) in [5.74, 6) is -1.86. The number of esters is 1. The second-order valence-corrected chi connectivity index (χ2v) is 4.71. The zero-order valence-corrected chi connectivity index (χ0v) is 12.3. The first-order chi connectivity index (χ1) is 11.2. The predicted molar refractivity (Wildman–Crippen MR) is 76.0 cm³/mol. The molecule has 3 N–H and O–H groups in total. The molecule has 0 saturated heterocycles. The second kappa shape index (κ2) is 6.60. The van der Waals surface area contributed by atoms with Crippen LogP contribution in [-0.4, -0.2) is 23.6 Å². The van der Waals surface area contributed by atoms with Crippen LogP contribution in [0.5, 0.6) is 0 Å². The summed E-state index contributed by atoms with van der Waals surface area (Å²) in [4.78, 5) is 23.4. The Morgan fingerprint density at radius 1 is 1.29 bits per heavy atom. The molecule has 0 saturated carbocycles. The molecule has 1 aromatic heterocycles. The van der Waals surface area contributed by atoms with Crippen molar-refractivity contribution in [2.75, 3.05) is 17.7 Å². The molecular weight excluding hydrogens is 331 g/mol. The Morgan fingerprint density at radius 2 is 1.92 bits per heavy atom. The van der Waals surface area contributed by atoms with Crippen LogP contribution in [-0.2, 0) is 15.7 Å². The summed E-state index contributed by atoms with van der Waals surface area (Å²) in [6.45, 7) is 0.822. The maximum atomic E-state index is 12.4. The lowest BCUT2D eigenvalue weighted by Crippen LogP contribution is -2.21. The molecule has 0 aliphatic rings. The number of benzene rings is 1. The largest absolute Gasteiger partial charge is 0.452 e. The van der Waals surface area contributed by atoms with Crippen LogP contribution in [0.15, 0.2) is 28.8 Å². The molecule has 0 fully saturated rings. The van der Waals surface area contributed by atoms with Gasteiger partial charge in [-0.05, 0) is 31.2 Å². The van der Waals surface area contributed by atoms with Crippen LogP contribution < -0.4 is 11.1 Å². The number of rotatable bonds is 4. The summed E-state index contributed by atoms with van der Waals surface area (Å²) in [7, 11) is 0. The third-order valence-electron chi connectivity index (χ3n) is 2.92. The maximum Gasteiger partial charge on any atom is 0.416 e. The number of nitrogens with two attached hydrogens (primary N) is 1. The van der Waals surface area contributed by atoms with Crippen LogP contribution in [0.3, 0.4) is 0 Å². The highest BCUT2D eigenvalue weighted by Crippen LogP contribution is 2.29. The molecule has 2 aromatic rings. The van der Waals surface area contributed by atoms with Gasteiger partial charge in [0, 0.05) is 5.69 Å². The Hall–Kier alpha value is -3.04.